The van der Waals surface area contributed by atoms with Crippen LogP contribution >= 0.6 is 0 Å². The second-order valence-electron chi connectivity index (χ2n) is 10.5. The SMILES string of the molecule is CC(C)(C)N1C(=O)[C@H]2[C@H]3[C@H](O)[C@H](O)CC(=NOC[C@@H](O)COCc4ccco4)[C@@H]3CC[C@H]2C1=O. The summed E-state index contributed by atoms with van der Waals surface area (Å²) in [6.07, 6.45) is -0.447. The lowest BCUT2D eigenvalue weighted by molar-refractivity contribution is -0.146. The summed E-state index contributed by atoms with van der Waals surface area (Å²) in [5, 5.41) is 35.6. The minimum Gasteiger partial charge on any atom is -0.467 e. The number of carbonyl (C=O) groups excluding carboxylic acids is 2. The summed E-state index contributed by atoms with van der Waals surface area (Å²) in [5.74, 6) is -1.95. The van der Waals surface area contributed by atoms with Crippen molar-refractivity contribution in [1.82, 2.24) is 4.90 Å². The number of aliphatic hydroxyl groups is 3. The molecule has 1 aromatic rings. The van der Waals surface area contributed by atoms with Crippen molar-refractivity contribution in [3.05, 3.63) is 24.2 Å². The van der Waals surface area contributed by atoms with Gasteiger partial charge in [-0.2, -0.15) is 0 Å². The molecule has 3 aliphatic rings. The quantitative estimate of drug-likeness (QED) is 0.390. The fourth-order valence-corrected chi connectivity index (χ4v) is 5.58. The summed E-state index contributed by atoms with van der Waals surface area (Å²) in [6.45, 7) is 5.59. The number of hydrogen-bond donors (Lipinski definition) is 3. The molecule has 1 aliphatic heterocycles. The Bertz CT molecular complexity index is 909. The van der Waals surface area contributed by atoms with E-state index in [1.54, 1.807) is 18.4 Å². The first-order valence-electron chi connectivity index (χ1n) is 11.8. The van der Waals surface area contributed by atoms with Gasteiger partial charge in [-0.05, 0) is 45.7 Å². The normalized spacial score (nSPS) is 33.7. The fourth-order valence-electron chi connectivity index (χ4n) is 5.58. The van der Waals surface area contributed by atoms with Gasteiger partial charge in [-0.15, -0.1) is 0 Å². The Labute approximate surface area is 198 Å². The first-order valence-corrected chi connectivity index (χ1v) is 11.8. The van der Waals surface area contributed by atoms with Gasteiger partial charge in [0, 0.05) is 23.8 Å². The molecule has 188 valence electrons. The van der Waals surface area contributed by atoms with E-state index in [2.05, 4.69) is 5.16 Å². The maximum absolute atomic E-state index is 13.3. The Morgan fingerprint density at radius 2 is 1.91 bits per heavy atom. The molecule has 7 atom stereocenters. The molecule has 10 heteroatoms. The summed E-state index contributed by atoms with van der Waals surface area (Å²) >= 11 is 0. The Kier molecular flexibility index (Phi) is 7.14. The van der Waals surface area contributed by atoms with Crippen LogP contribution in [0.1, 0.15) is 45.8 Å². The van der Waals surface area contributed by atoms with E-state index in [0.29, 0.717) is 24.3 Å². The predicted octanol–water partition coefficient (Wildman–Crippen LogP) is 1.08. The molecule has 4 rings (SSSR count). The Morgan fingerprint density at radius 1 is 1.18 bits per heavy atom. The minimum absolute atomic E-state index is 0.0297. The van der Waals surface area contributed by atoms with Crippen molar-refractivity contribution in [2.75, 3.05) is 13.2 Å². The molecule has 3 fully saturated rings. The van der Waals surface area contributed by atoms with Crippen LogP contribution in [0.15, 0.2) is 28.0 Å². The van der Waals surface area contributed by atoms with Crippen molar-refractivity contribution in [3.63, 3.8) is 0 Å². The van der Waals surface area contributed by atoms with Gasteiger partial charge in [-0.25, -0.2) is 0 Å². The van der Waals surface area contributed by atoms with E-state index in [4.69, 9.17) is 14.0 Å². The second kappa shape index (κ2) is 9.77. The van der Waals surface area contributed by atoms with Crippen LogP contribution in [-0.4, -0.2) is 74.8 Å². The maximum atomic E-state index is 13.3. The van der Waals surface area contributed by atoms with Gasteiger partial charge in [0.1, 0.15) is 25.1 Å². The molecular weight excluding hydrogens is 444 g/mol. The van der Waals surface area contributed by atoms with Crippen LogP contribution in [0.25, 0.3) is 0 Å². The first kappa shape index (κ1) is 24.8. The van der Waals surface area contributed by atoms with Crippen LogP contribution in [0.2, 0.25) is 0 Å². The van der Waals surface area contributed by atoms with Crippen LogP contribution in [0.5, 0.6) is 0 Å². The highest BCUT2D eigenvalue weighted by atomic mass is 16.6. The molecule has 2 heterocycles. The van der Waals surface area contributed by atoms with Gasteiger partial charge in [-0.1, -0.05) is 5.16 Å². The number of aliphatic hydroxyl groups excluding tert-OH is 3. The van der Waals surface area contributed by atoms with Crippen molar-refractivity contribution in [2.24, 2.45) is 28.8 Å². The number of hydrogen-bond acceptors (Lipinski definition) is 9. The second-order valence-corrected chi connectivity index (χ2v) is 10.5. The smallest absolute Gasteiger partial charge is 0.233 e. The van der Waals surface area contributed by atoms with Gasteiger partial charge in [0.05, 0.1) is 42.6 Å². The Hall–Kier alpha value is -2.27. The number of oxime groups is 1. The number of amides is 2. The van der Waals surface area contributed by atoms with Crippen LogP contribution in [0.3, 0.4) is 0 Å². The number of nitrogens with zero attached hydrogens (tertiary/aromatic N) is 2. The predicted molar refractivity (Wildman–Crippen MR) is 119 cm³/mol. The molecule has 0 aromatic carbocycles. The number of rotatable bonds is 7. The lowest BCUT2D eigenvalue weighted by Crippen LogP contribution is -2.55. The monoisotopic (exact) mass is 478 g/mol. The molecule has 2 saturated carbocycles. The third-order valence-corrected chi connectivity index (χ3v) is 7.03. The average molecular weight is 479 g/mol. The van der Waals surface area contributed by atoms with E-state index < -0.39 is 41.6 Å². The molecule has 0 spiro atoms. The molecule has 0 bridgehead atoms. The Morgan fingerprint density at radius 3 is 2.59 bits per heavy atom. The number of ether oxygens (including phenoxy) is 1. The zero-order valence-electron chi connectivity index (χ0n) is 19.8. The summed E-state index contributed by atoms with van der Waals surface area (Å²) in [5.41, 5.74) is -0.117. The van der Waals surface area contributed by atoms with Gasteiger partial charge in [-0.3, -0.25) is 14.5 Å². The van der Waals surface area contributed by atoms with E-state index in [-0.39, 0.29) is 44.0 Å². The molecule has 1 saturated heterocycles. The van der Waals surface area contributed by atoms with Gasteiger partial charge in [0.15, 0.2) is 0 Å². The van der Waals surface area contributed by atoms with Crippen LogP contribution in [0, 0.1) is 23.7 Å². The summed E-state index contributed by atoms with van der Waals surface area (Å²) in [4.78, 5) is 33.0. The Balaban J connectivity index is 1.41. The average Bonchev–Trinajstić information content (AvgIpc) is 3.37. The molecule has 0 unspecified atom stereocenters. The van der Waals surface area contributed by atoms with Crippen LogP contribution in [-0.2, 0) is 25.8 Å². The fraction of sp³-hybridized carbons (Fsp3) is 0.708. The number of likely N-dealkylation sites (tertiary alicyclic amines) is 1. The third kappa shape index (κ3) is 4.77. The highest BCUT2D eigenvalue weighted by molar-refractivity contribution is 6.06. The van der Waals surface area contributed by atoms with Gasteiger partial charge in [0.2, 0.25) is 11.8 Å². The third-order valence-electron chi connectivity index (χ3n) is 7.03. The van der Waals surface area contributed by atoms with Gasteiger partial charge < -0.3 is 29.3 Å². The highest BCUT2D eigenvalue weighted by Gasteiger charge is 2.61. The number of furan rings is 1. The van der Waals surface area contributed by atoms with Crippen molar-refractivity contribution in [3.8, 4) is 0 Å². The molecule has 1 aromatic heterocycles. The number of carbonyl (C=O) groups is 2. The molecule has 2 aliphatic carbocycles. The standard InChI is InChI=1S/C24H34N2O8/c1-24(2,3)26-22(30)16-7-6-15-17(9-18(28)21(29)19(15)20(16)23(26)31)25-34-11-13(27)10-32-12-14-5-4-8-33-14/h4-5,8,13,15-16,18-21,27-29H,6-7,9-12H2,1-3H3/t13-,15-,16+,18+,19-,20+,21+/m0/s1. The van der Waals surface area contributed by atoms with Crippen LogP contribution < -0.4 is 0 Å². The van der Waals surface area contributed by atoms with Crippen molar-refractivity contribution >= 4 is 17.5 Å². The molecule has 0 radical (unpaired) electrons. The minimum atomic E-state index is -1.13. The molecular formula is C24H34N2O8. The summed E-state index contributed by atoms with van der Waals surface area (Å²) in [6, 6.07) is 3.52. The van der Waals surface area contributed by atoms with Gasteiger partial charge >= 0.3 is 0 Å². The van der Waals surface area contributed by atoms with Crippen molar-refractivity contribution < 1.29 is 38.9 Å². The lowest BCUT2D eigenvalue weighted by atomic mass is 9.60. The van der Waals surface area contributed by atoms with E-state index in [1.165, 1.54) is 4.90 Å². The number of fused-ring (bicyclic) bond motifs is 3. The zero-order valence-corrected chi connectivity index (χ0v) is 19.8. The molecule has 10 nitrogen and oxygen atoms in total. The molecule has 2 amide bonds. The topological polar surface area (TPSA) is 142 Å². The zero-order chi connectivity index (χ0) is 24.6. The van der Waals surface area contributed by atoms with Crippen molar-refractivity contribution in [2.45, 2.75) is 70.5 Å². The van der Waals surface area contributed by atoms with E-state index in [9.17, 15) is 24.9 Å². The van der Waals surface area contributed by atoms with Crippen molar-refractivity contribution in [1.29, 1.82) is 0 Å². The largest absolute Gasteiger partial charge is 0.467 e. The first-order chi connectivity index (χ1) is 16.1. The number of imide groups is 1. The summed E-state index contributed by atoms with van der Waals surface area (Å²) < 4.78 is 10.5. The highest BCUT2D eigenvalue weighted by Crippen LogP contribution is 2.50. The van der Waals surface area contributed by atoms with Gasteiger partial charge in [0.25, 0.3) is 0 Å². The summed E-state index contributed by atoms with van der Waals surface area (Å²) in [7, 11) is 0. The van der Waals surface area contributed by atoms with E-state index in [1.807, 2.05) is 20.8 Å². The lowest BCUT2D eigenvalue weighted by Gasteiger charge is -2.45. The van der Waals surface area contributed by atoms with E-state index in [0.717, 1.165) is 0 Å². The molecule has 3 N–H and O–H groups in total. The van der Waals surface area contributed by atoms with Crippen LogP contribution in [0.4, 0.5) is 0 Å². The molecule has 34 heavy (non-hydrogen) atoms. The maximum Gasteiger partial charge on any atom is 0.233 e. The van der Waals surface area contributed by atoms with E-state index >= 15 is 0 Å².